The zero-order valence-corrected chi connectivity index (χ0v) is 14.0. The monoisotopic (exact) mass is 327 g/mol. The van der Waals surface area contributed by atoms with Gasteiger partial charge in [-0.2, -0.15) is 0 Å². The number of para-hydroxylation sites is 1. The second kappa shape index (κ2) is 6.95. The first kappa shape index (κ1) is 16.4. The third-order valence-electron chi connectivity index (χ3n) is 4.25. The van der Waals surface area contributed by atoms with Crippen molar-refractivity contribution in [3.05, 3.63) is 35.8 Å². The van der Waals surface area contributed by atoms with E-state index < -0.39 is 0 Å². The van der Waals surface area contributed by atoms with E-state index in [1.54, 1.807) is 18.7 Å². The van der Waals surface area contributed by atoms with E-state index in [1.807, 2.05) is 24.3 Å². The highest BCUT2D eigenvalue weighted by atomic mass is 16.5. The number of amides is 1. The third kappa shape index (κ3) is 3.22. The SMILES string of the molecule is CCOC(=O)C1CCCN(C(=O)c2nc(C)nc3ccccc23)C1. The zero-order chi connectivity index (χ0) is 17.1. The summed E-state index contributed by atoms with van der Waals surface area (Å²) in [6.07, 6.45) is 1.55. The molecule has 6 nitrogen and oxygen atoms in total. The molecule has 24 heavy (non-hydrogen) atoms. The summed E-state index contributed by atoms with van der Waals surface area (Å²) in [6.45, 7) is 4.94. The Morgan fingerprint density at radius 3 is 2.88 bits per heavy atom. The van der Waals surface area contributed by atoms with Gasteiger partial charge in [-0.1, -0.05) is 18.2 Å². The van der Waals surface area contributed by atoms with E-state index in [9.17, 15) is 9.59 Å². The van der Waals surface area contributed by atoms with E-state index in [-0.39, 0.29) is 17.8 Å². The minimum absolute atomic E-state index is 0.148. The summed E-state index contributed by atoms with van der Waals surface area (Å²) in [5.74, 6) is -0.0581. The Labute approximate surface area is 140 Å². The number of likely N-dealkylation sites (tertiary alicyclic amines) is 1. The second-order valence-corrected chi connectivity index (χ2v) is 5.98. The van der Waals surface area contributed by atoms with Gasteiger partial charge < -0.3 is 9.64 Å². The van der Waals surface area contributed by atoms with Gasteiger partial charge in [0.25, 0.3) is 5.91 Å². The summed E-state index contributed by atoms with van der Waals surface area (Å²) in [4.78, 5) is 35.4. The lowest BCUT2D eigenvalue weighted by molar-refractivity contribution is -0.149. The van der Waals surface area contributed by atoms with Gasteiger partial charge in [0.15, 0.2) is 0 Å². The van der Waals surface area contributed by atoms with Gasteiger partial charge in [0.1, 0.15) is 11.5 Å². The predicted molar refractivity (Wildman–Crippen MR) is 89.5 cm³/mol. The molecule has 6 heteroatoms. The number of aryl methyl sites for hydroxylation is 1. The van der Waals surface area contributed by atoms with Crippen molar-refractivity contribution in [1.29, 1.82) is 0 Å². The highest BCUT2D eigenvalue weighted by Crippen LogP contribution is 2.22. The molecule has 126 valence electrons. The molecule has 0 N–H and O–H groups in total. The molecule has 0 radical (unpaired) electrons. The van der Waals surface area contributed by atoms with Gasteiger partial charge in [0.2, 0.25) is 0 Å². The number of ether oxygens (including phenoxy) is 1. The Bertz CT molecular complexity index is 775. The number of piperidine rings is 1. The average molecular weight is 327 g/mol. The van der Waals surface area contributed by atoms with Crippen LogP contribution in [0.5, 0.6) is 0 Å². The van der Waals surface area contributed by atoms with Gasteiger partial charge in [0, 0.05) is 18.5 Å². The Balaban J connectivity index is 1.88. The smallest absolute Gasteiger partial charge is 0.310 e. The van der Waals surface area contributed by atoms with Crippen LogP contribution < -0.4 is 0 Å². The van der Waals surface area contributed by atoms with Crippen molar-refractivity contribution in [3.63, 3.8) is 0 Å². The van der Waals surface area contributed by atoms with E-state index in [2.05, 4.69) is 9.97 Å². The van der Waals surface area contributed by atoms with Gasteiger partial charge in [-0.15, -0.1) is 0 Å². The fraction of sp³-hybridized carbons (Fsp3) is 0.444. The maximum Gasteiger partial charge on any atom is 0.310 e. The molecule has 1 amide bonds. The molecule has 1 saturated heterocycles. The van der Waals surface area contributed by atoms with E-state index >= 15 is 0 Å². The van der Waals surface area contributed by atoms with Crippen molar-refractivity contribution >= 4 is 22.8 Å². The summed E-state index contributed by atoms with van der Waals surface area (Å²) in [7, 11) is 0. The minimum atomic E-state index is -0.253. The average Bonchev–Trinajstić information content (AvgIpc) is 2.60. The first-order valence-corrected chi connectivity index (χ1v) is 8.29. The Hall–Kier alpha value is -2.50. The van der Waals surface area contributed by atoms with Crippen LogP contribution in [0.1, 0.15) is 36.1 Å². The first-order valence-electron chi connectivity index (χ1n) is 8.29. The number of hydrogen-bond donors (Lipinski definition) is 0. The first-order chi connectivity index (χ1) is 11.6. The van der Waals surface area contributed by atoms with Gasteiger partial charge >= 0.3 is 5.97 Å². The summed E-state index contributed by atoms with van der Waals surface area (Å²) < 4.78 is 5.10. The predicted octanol–water partition coefficient (Wildman–Crippen LogP) is 2.35. The molecule has 0 spiro atoms. The molecule has 1 aliphatic heterocycles. The lowest BCUT2D eigenvalue weighted by atomic mass is 9.97. The molecule has 1 aromatic heterocycles. The number of esters is 1. The van der Waals surface area contributed by atoms with E-state index in [1.165, 1.54) is 0 Å². The lowest BCUT2D eigenvalue weighted by Crippen LogP contribution is -2.43. The molecule has 2 heterocycles. The fourth-order valence-corrected chi connectivity index (χ4v) is 3.12. The van der Waals surface area contributed by atoms with Crippen LogP contribution in [0, 0.1) is 12.8 Å². The number of carbonyl (C=O) groups is 2. The zero-order valence-electron chi connectivity index (χ0n) is 14.0. The molecule has 1 unspecified atom stereocenters. The van der Waals surface area contributed by atoms with Gasteiger partial charge in [-0.05, 0) is 32.8 Å². The van der Waals surface area contributed by atoms with Crippen molar-refractivity contribution in [2.75, 3.05) is 19.7 Å². The molecule has 2 aromatic rings. The highest BCUT2D eigenvalue weighted by Gasteiger charge is 2.31. The van der Waals surface area contributed by atoms with Crippen molar-refractivity contribution in [1.82, 2.24) is 14.9 Å². The maximum atomic E-state index is 13.0. The van der Waals surface area contributed by atoms with E-state index in [4.69, 9.17) is 4.74 Å². The Morgan fingerprint density at radius 1 is 1.29 bits per heavy atom. The van der Waals surface area contributed by atoms with Crippen LogP contribution in [-0.4, -0.2) is 46.4 Å². The maximum absolute atomic E-state index is 13.0. The molecule has 1 atom stereocenters. The standard InChI is InChI=1S/C18H21N3O3/c1-3-24-18(23)13-7-6-10-21(11-13)17(22)16-14-8-4-5-9-15(14)19-12(2)20-16/h4-5,8-9,13H,3,6-7,10-11H2,1-2H3. The number of fused-ring (bicyclic) bond motifs is 1. The van der Waals surface area contributed by atoms with E-state index in [0.717, 1.165) is 23.7 Å². The molecule has 1 aliphatic rings. The van der Waals surface area contributed by atoms with Crippen LogP contribution >= 0.6 is 0 Å². The molecule has 1 fully saturated rings. The number of benzene rings is 1. The molecule has 0 bridgehead atoms. The van der Waals surface area contributed by atoms with Gasteiger partial charge in [-0.25, -0.2) is 9.97 Å². The van der Waals surface area contributed by atoms with Gasteiger partial charge in [0.05, 0.1) is 18.0 Å². The number of hydrogen-bond acceptors (Lipinski definition) is 5. The fourth-order valence-electron chi connectivity index (χ4n) is 3.12. The summed E-state index contributed by atoms with van der Waals surface area (Å²) >= 11 is 0. The van der Waals surface area contributed by atoms with Crippen molar-refractivity contribution < 1.29 is 14.3 Å². The number of nitrogens with zero attached hydrogens (tertiary/aromatic N) is 3. The Morgan fingerprint density at radius 2 is 2.08 bits per heavy atom. The number of rotatable bonds is 3. The van der Waals surface area contributed by atoms with Crippen LogP contribution in [0.3, 0.4) is 0 Å². The highest BCUT2D eigenvalue weighted by molar-refractivity contribution is 6.04. The quantitative estimate of drug-likeness (QED) is 0.809. The number of carbonyl (C=O) groups excluding carboxylic acids is 2. The lowest BCUT2D eigenvalue weighted by Gasteiger charge is -2.31. The topological polar surface area (TPSA) is 72.4 Å². The summed E-state index contributed by atoms with van der Waals surface area (Å²) in [5, 5.41) is 0.742. The molecule has 1 aromatic carbocycles. The molecular weight excluding hydrogens is 306 g/mol. The van der Waals surface area contributed by atoms with Crippen LogP contribution in [0.2, 0.25) is 0 Å². The van der Waals surface area contributed by atoms with Crippen molar-refractivity contribution in [3.8, 4) is 0 Å². The van der Waals surface area contributed by atoms with Crippen LogP contribution in [0.25, 0.3) is 10.9 Å². The molecular formula is C18H21N3O3. The van der Waals surface area contributed by atoms with Crippen LogP contribution in [0.4, 0.5) is 0 Å². The summed E-state index contributed by atoms with van der Waals surface area (Å²) in [6, 6.07) is 7.49. The van der Waals surface area contributed by atoms with Crippen molar-refractivity contribution in [2.24, 2.45) is 5.92 Å². The largest absolute Gasteiger partial charge is 0.466 e. The third-order valence-corrected chi connectivity index (χ3v) is 4.25. The normalized spacial score (nSPS) is 17.8. The minimum Gasteiger partial charge on any atom is -0.466 e. The molecule has 0 saturated carbocycles. The van der Waals surface area contributed by atoms with Crippen molar-refractivity contribution in [2.45, 2.75) is 26.7 Å². The second-order valence-electron chi connectivity index (χ2n) is 5.98. The van der Waals surface area contributed by atoms with Crippen LogP contribution in [0.15, 0.2) is 24.3 Å². The van der Waals surface area contributed by atoms with Gasteiger partial charge in [-0.3, -0.25) is 9.59 Å². The number of aromatic nitrogens is 2. The van der Waals surface area contributed by atoms with Crippen LogP contribution in [-0.2, 0) is 9.53 Å². The van der Waals surface area contributed by atoms with E-state index in [0.29, 0.717) is 31.2 Å². The molecule has 3 rings (SSSR count). The summed E-state index contributed by atoms with van der Waals surface area (Å²) in [5.41, 5.74) is 1.16. The Kier molecular flexibility index (Phi) is 4.74. The molecule has 0 aliphatic carbocycles.